The normalized spacial score (nSPS) is 13.4. The first-order valence-corrected chi connectivity index (χ1v) is 12.9. The molecule has 0 fully saturated rings. The highest BCUT2D eigenvalue weighted by Gasteiger charge is 2.24. The number of hydrogen-bond acceptors (Lipinski definition) is 4. The Morgan fingerprint density at radius 3 is 2.68 bits per heavy atom. The summed E-state index contributed by atoms with van der Waals surface area (Å²) in [6.45, 7) is 4.05. The number of rotatable bonds is 5. The minimum absolute atomic E-state index is 0.209. The van der Waals surface area contributed by atoms with E-state index < -0.39 is 7.14 Å². The van der Waals surface area contributed by atoms with E-state index in [-0.39, 0.29) is 5.82 Å². The summed E-state index contributed by atoms with van der Waals surface area (Å²) in [5.41, 5.74) is 4.93. The molecule has 1 aliphatic rings. The number of nitrogens with zero attached hydrogens (tertiary/aromatic N) is 3. The van der Waals surface area contributed by atoms with Crippen molar-refractivity contribution >= 4 is 18.1 Å². The topological polar surface area (TPSA) is 56.5 Å². The van der Waals surface area contributed by atoms with E-state index in [4.69, 9.17) is 9.72 Å². The maximum atomic E-state index is 14.6. The Morgan fingerprint density at radius 2 is 1.90 bits per heavy atom. The number of hydrogen-bond donors (Lipinski definition) is 0. The lowest BCUT2D eigenvalue weighted by molar-refractivity contribution is 0.356. The largest absolute Gasteiger partial charge is 0.493 e. The fourth-order valence-corrected chi connectivity index (χ4v) is 5.35. The van der Waals surface area contributed by atoms with Gasteiger partial charge in [-0.05, 0) is 43.0 Å². The number of aryl methyl sites for hydroxylation is 1. The van der Waals surface area contributed by atoms with Gasteiger partial charge in [0.1, 0.15) is 36.3 Å². The lowest BCUT2D eigenvalue weighted by Gasteiger charge is -2.13. The number of aromatic nitrogens is 3. The first-order chi connectivity index (χ1) is 14.9. The molecule has 0 saturated carbocycles. The second kappa shape index (κ2) is 7.61. The molecule has 0 bridgehead atoms. The number of fused-ring (bicyclic) bond motifs is 2. The van der Waals surface area contributed by atoms with Gasteiger partial charge in [0.25, 0.3) is 0 Å². The smallest absolute Gasteiger partial charge is 0.129 e. The average Bonchev–Trinajstić information content (AvgIpc) is 3.41. The second-order valence-electron chi connectivity index (χ2n) is 8.19. The highest BCUT2D eigenvalue weighted by Crippen LogP contribution is 2.38. The first kappa shape index (κ1) is 20.0. The van der Waals surface area contributed by atoms with E-state index in [2.05, 4.69) is 4.98 Å². The van der Waals surface area contributed by atoms with E-state index in [0.717, 1.165) is 40.2 Å². The Balaban J connectivity index is 1.60. The quantitative estimate of drug-likeness (QED) is 0.433. The Kier molecular flexibility index (Phi) is 4.90. The fraction of sp³-hybridized carbons (Fsp3) is 0.250. The molecular weight excluding hydrogens is 412 g/mol. The van der Waals surface area contributed by atoms with Gasteiger partial charge in [-0.25, -0.2) is 14.4 Å². The van der Waals surface area contributed by atoms with E-state index in [1.54, 1.807) is 25.7 Å². The van der Waals surface area contributed by atoms with Crippen LogP contribution in [0.4, 0.5) is 4.39 Å². The minimum atomic E-state index is -2.62. The van der Waals surface area contributed by atoms with Crippen molar-refractivity contribution < 1.29 is 13.7 Å². The number of imidazole rings is 1. The summed E-state index contributed by atoms with van der Waals surface area (Å²) in [5, 5.41) is 0. The van der Waals surface area contributed by atoms with Crippen molar-refractivity contribution in [3.63, 3.8) is 0 Å². The molecule has 0 aliphatic carbocycles. The van der Waals surface area contributed by atoms with E-state index in [1.807, 2.05) is 40.9 Å². The predicted octanol–water partition coefficient (Wildman–Crippen LogP) is 4.50. The maximum Gasteiger partial charge on any atom is 0.129 e. The Hall–Kier alpha value is -2.98. The zero-order valence-electron chi connectivity index (χ0n) is 17.5. The van der Waals surface area contributed by atoms with Crippen LogP contribution in [-0.4, -0.2) is 34.3 Å². The molecule has 0 atom stereocenters. The minimum Gasteiger partial charge on any atom is -0.493 e. The molecule has 2 aromatic heterocycles. The standard InChI is InChI=1S/C24H23FN3O2P/c1-31(2,29)24-23-19(16-6-4-3-5-7-16)14-26-22(28(23)15-27-24)11-8-17-18-12-13-30-21(18)10-9-20(17)25/h3-7,9-10,14-15H,8,11-13H2,1-2H3. The summed E-state index contributed by atoms with van der Waals surface area (Å²) in [7, 11) is -2.62. The van der Waals surface area contributed by atoms with Gasteiger partial charge < -0.3 is 9.30 Å². The van der Waals surface area contributed by atoms with Crippen molar-refractivity contribution in [2.45, 2.75) is 19.3 Å². The summed E-state index contributed by atoms with van der Waals surface area (Å²) >= 11 is 0. The molecule has 31 heavy (non-hydrogen) atoms. The lowest BCUT2D eigenvalue weighted by Crippen LogP contribution is -2.10. The van der Waals surface area contributed by atoms with E-state index >= 15 is 0 Å². The lowest BCUT2D eigenvalue weighted by atomic mass is 10.00. The van der Waals surface area contributed by atoms with Gasteiger partial charge in [-0.2, -0.15) is 0 Å². The van der Waals surface area contributed by atoms with Crippen molar-refractivity contribution in [1.82, 2.24) is 14.4 Å². The van der Waals surface area contributed by atoms with Crippen molar-refractivity contribution in [2.75, 3.05) is 19.9 Å². The fourth-order valence-electron chi connectivity index (χ4n) is 4.28. The molecule has 4 aromatic rings. The molecule has 1 aliphatic heterocycles. The predicted molar refractivity (Wildman–Crippen MR) is 121 cm³/mol. The number of halogens is 1. The molecule has 3 heterocycles. The van der Waals surface area contributed by atoms with Gasteiger partial charge in [-0.3, -0.25) is 4.40 Å². The van der Waals surface area contributed by atoms with E-state index in [0.29, 0.717) is 30.4 Å². The summed E-state index contributed by atoms with van der Waals surface area (Å²) in [6.07, 6.45) is 5.27. The van der Waals surface area contributed by atoms with Crippen molar-refractivity contribution in [2.24, 2.45) is 0 Å². The Bertz CT molecular complexity index is 1330. The third-order valence-electron chi connectivity index (χ3n) is 5.76. The zero-order valence-corrected chi connectivity index (χ0v) is 18.4. The molecule has 0 unspecified atom stereocenters. The number of ether oxygens (including phenoxy) is 1. The average molecular weight is 435 g/mol. The van der Waals surface area contributed by atoms with Crippen LogP contribution in [0.5, 0.6) is 5.75 Å². The molecule has 0 saturated heterocycles. The van der Waals surface area contributed by atoms with Crippen molar-refractivity contribution in [1.29, 1.82) is 0 Å². The molecule has 0 N–H and O–H groups in total. The first-order valence-electron chi connectivity index (χ1n) is 10.3. The Morgan fingerprint density at radius 1 is 1.10 bits per heavy atom. The number of benzene rings is 2. The third-order valence-corrected chi connectivity index (χ3v) is 7.11. The van der Waals surface area contributed by atoms with Crippen LogP contribution in [-0.2, 0) is 23.8 Å². The molecule has 0 amide bonds. The SMILES string of the molecule is CP(C)(=O)c1ncn2c(CCc3c(F)ccc4c3CCO4)ncc(-c3ccccc3)c12. The highest BCUT2D eigenvalue weighted by molar-refractivity contribution is 7.70. The van der Waals surface area contributed by atoms with Crippen molar-refractivity contribution in [3.05, 3.63) is 77.8 Å². The second-order valence-corrected chi connectivity index (χ2v) is 11.3. The summed E-state index contributed by atoms with van der Waals surface area (Å²) in [4.78, 5) is 9.21. The highest BCUT2D eigenvalue weighted by atomic mass is 31.2. The molecule has 5 rings (SSSR count). The van der Waals surface area contributed by atoms with Crippen molar-refractivity contribution in [3.8, 4) is 16.9 Å². The molecule has 7 heteroatoms. The maximum absolute atomic E-state index is 14.6. The Labute approximate surface area is 180 Å². The summed E-state index contributed by atoms with van der Waals surface area (Å²) < 4.78 is 35.1. The van der Waals surface area contributed by atoms with Crippen LogP contribution in [0.15, 0.2) is 55.0 Å². The summed E-state index contributed by atoms with van der Waals surface area (Å²) in [6, 6.07) is 13.1. The molecule has 5 nitrogen and oxygen atoms in total. The molecule has 158 valence electrons. The molecular formula is C24H23FN3O2P. The van der Waals surface area contributed by atoms with Gasteiger partial charge in [0.2, 0.25) is 0 Å². The van der Waals surface area contributed by atoms with Crippen LogP contribution in [0.2, 0.25) is 0 Å². The van der Waals surface area contributed by atoms with Gasteiger partial charge >= 0.3 is 0 Å². The van der Waals surface area contributed by atoms with E-state index in [9.17, 15) is 8.96 Å². The molecule has 0 spiro atoms. The van der Waals surface area contributed by atoms with Crippen LogP contribution in [0.3, 0.4) is 0 Å². The van der Waals surface area contributed by atoms with Gasteiger partial charge in [0.05, 0.1) is 12.1 Å². The van der Waals surface area contributed by atoms with Crippen LogP contribution >= 0.6 is 7.14 Å². The monoisotopic (exact) mass is 435 g/mol. The van der Waals surface area contributed by atoms with Gasteiger partial charge in [-0.1, -0.05) is 30.3 Å². The van der Waals surface area contributed by atoms with Gasteiger partial charge in [0, 0.05) is 30.2 Å². The third kappa shape index (κ3) is 3.55. The van der Waals surface area contributed by atoms with Crippen LogP contribution < -0.4 is 10.2 Å². The summed E-state index contributed by atoms with van der Waals surface area (Å²) in [5.74, 6) is 1.33. The van der Waals surface area contributed by atoms with Gasteiger partial charge in [0.15, 0.2) is 0 Å². The van der Waals surface area contributed by atoms with Crippen LogP contribution in [0.1, 0.15) is 17.0 Å². The van der Waals surface area contributed by atoms with Crippen LogP contribution in [0, 0.1) is 5.82 Å². The van der Waals surface area contributed by atoms with E-state index in [1.165, 1.54) is 6.07 Å². The zero-order chi connectivity index (χ0) is 21.6. The van der Waals surface area contributed by atoms with Gasteiger partial charge in [-0.15, -0.1) is 0 Å². The molecule has 2 aromatic carbocycles. The van der Waals surface area contributed by atoms with Crippen LogP contribution in [0.25, 0.3) is 16.6 Å². The molecule has 0 radical (unpaired) electrons.